The van der Waals surface area contributed by atoms with Crippen LogP contribution in [-0.2, 0) is 14.8 Å². The zero-order chi connectivity index (χ0) is 23.3. The number of aliphatic hydroxyl groups is 4. The number of aliphatic hydroxyl groups excluding tert-OH is 4. The van der Waals surface area contributed by atoms with Crippen LogP contribution in [0.15, 0.2) is 29.2 Å². The first-order valence-corrected chi connectivity index (χ1v) is 11.4. The summed E-state index contributed by atoms with van der Waals surface area (Å²) < 4.78 is 32.7. The van der Waals surface area contributed by atoms with E-state index in [1.807, 2.05) is 30.7 Å². The molecule has 2 rings (SSSR count). The number of nitrogens with one attached hydrogen (secondary N) is 1. The molecule has 0 aromatic heterocycles. The van der Waals surface area contributed by atoms with Crippen LogP contribution >= 0.6 is 0 Å². The van der Waals surface area contributed by atoms with Gasteiger partial charge in [0.2, 0.25) is 0 Å². The van der Waals surface area contributed by atoms with Gasteiger partial charge < -0.3 is 30.1 Å². The summed E-state index contributed by atoms with van der Waals surface area (Å²) in [6, 6.07) is 7.10. The largest absolute Gasteiger partial charge is 0.394 e. The first-order chi connectivity index (χ1) is 14.6. The van der Waals surface area contributed by atoms with E-state index < -0.39 is 52.2 Å². The molecule has 0 bridgehead atoms. The summed E-state index contributed by atoms with van der Waals surface area (Å²) in [5.41, 5.74) is 1.65. The van der Waals surface area contributed by atoms with E-state index in [1.54, 1.807) is 18.2 Å². The second kappa shape index (κ2) is 10.5. The van der Waals surface area contributed by atoms with E-state index in [1.165, 1.54) is 6.92 Å². The summed E-state index contributed by atoms with van der Waals surface area (Å²) >= 11 is 0. The van der Waals surface area contributed by atoms with Crippen LogP contribution in [0.2, 0.25) is 0 Å². The van der Waals surface area contributed by atoms with Crippen LogP contribution in [0.4, 0.5) is 5.69 Å². The Balaban J connectivity index is 2.33. The summed E-state index contributed by atoms with van der Waals surface area (Å²) in [5, 5.41) is 48.8. The molecule has 5 N–H and O–H groups in total. The number of anilines is 1. The lowest BCUT2D eigenvalue weighted by molar-refractivity contribution is -0.251. The van der Waals surface area contributed by atoms with E-state index in [2.05, 4.69) is 4.90 Å². The van der Waals surface area contributed by atoms with Crippen LogP contribution in [0.3, 0.4) is 0 Å². The highest BCUT2D eigenvalue weighted by Gasteiger charge is 2.45. The Morgan fingerprint density at radius 3 is 2.23 bits per heavy atom. The summed E-state index contributed by atoms with van der Waals surface area (Å²) in [6.07, 6.45) is -6.50. The minimum atomic E-state index is -4.48. The molecule has 1 saturated heterocycles. The molecule has 1 aromatic carbocycles. The fraction of sp³-hybridized carbons (Fsp3) is 0.550. The molecule has 1 heterocycles. The van der Waals surface area contributed by atoms with E-state index in [9.17, 15) is 29.0 Å². The average Bonchev–Trinajstić information content (AvgIpc) is 2.75. The van der Waals surface area contributed by atoms with E-state index in [-0.39, 0.29) is 5.57 Å². The molecule has 0 spiro atoms. The van der Waals surface area contributed by atoms with Gasteiger partial charge in [-0.3, -0.25) is 0 Å². The maximum Gasteiger partial charge on any atom is 0.251 e. The van der Waals surface area contributed by atoms with Gasteiger partial charge in [-0.25, -0.2) is 8.42 Å². The van der Waals surface area contributed by atoms with Crippen LogP contribution < -0.4 is 9.62 Å². The van der Waals surface area contributed by atoms with Crippen molar-refractivity contribution in [2.45, 2.75) is 51.4 Å². The minimum Gasteiger partial charge on any atom is -0.394 e. The molecule has 1 aromatic rings. The molecule has 0 radical (unpaired) electrons. The van der Waals surface area contributed by atoms with Crippen LogP contribution in [0, 0.1) is 11.3 Å². The van der Waals surface area contributed by atoms with Gasteiger partial charge in [0, 0.05) is 18.8 Å². The first-order valence-electron chi connectivity index (χ1n) is 9.90. The number of benzene rings is 1. The Kier molecular flexibility index (Phi) is 8.56. The predicted octanol–water partition coefficient (Wildman–Crippen LogP) is -0.493. The van der Waals surface area contributed by atoms with Gasteiger partial charge >= 0.3 is 0 Å². The number of sulfonamides is 1. The SMILES string of the molecule is CCN(CC)c1ccc(/C(C)=C(\C#N)S(=O)(=O)N[C@H]2C(O)O[C@H](CO)[C@@H](O)[C@@H]2O)cc1. The lowest BCUT2D eigenvalue weighted by atomic mass is 9.98. The molecule has 0 amide bonds. The van der Waals surface area contributed by atoms with Crippen LogP contribution in [0.1, 0.15) is 26.3 Å². The summed E-state index contributed by atoms with van der Waals surface area (Å²) in [5.74, 6) is 0. The third-order valence-electron chi connectivity index (χ3n) is 5.33. The quantitative estimate of drug-likeness (QED) is 0.325. The summed E-state index contributed by atoms with van der Waals surface area (Å²) in [4.78, 5) is 1.52. The van der Waals surface area contributed by atoms with E-state index in [0.29, 0.717) is 5.56 Å². The highest BCUT2D eigenvalue weighted by atomic mass is 32.2. The molecule has 11 heteroatoms. The van der Waals surface area contributed by atoms with Crippen molar-refractivity contribution in [3.63, 3.8) is 0 Å². The number of hydrogen-bond acceptors (Lipinski definition) is 9. The molecular formula is C20H29N3O7S. The maximum atomic E-state index is 12.9. The summed E-state index contributed by atoms with van der Waals surface area (Å²) in [6.45, 7) is 6.46. The Hall–Kier alpha value is -2.04. The van der Waals surface area contributed by atoms with Crippen LogP contribution in [-0.4, -0.2) is 79.2 Å². The van der Waals surface area contributed by atoms with Gasteiger partial charge in [-0.2, -0.15) is 9.98 Å². The number of hydrogen-bond donors (Lipinski definition) is 5. The molecule has 31 heavy (non-hydrogen) atoms. The van der Waals surface area contributed by atoms with Crippen molar-refractivity contribution in [3.8, 4) is 6.07 Å². The summed E-state index contributed by atoms with van der Waals surface area (Å²) in [7, 11) is -4.48. The second-order valence-electron chi connectivity index (χ2n) is 7.16. The molecule has 0 aliphatic carbocycles. The molecule has 1 aliphatic heterocycles. The number of allylic oxidation sites excluding steroid dienone is 2. The van der Waals surface area contributed by atoms with Crippen molar-refractivity contribution in [2.24, 2.45) is 0 Å². The van der Waals surface area contributed by atoms with Gasteiger partial charge in [0.1, 0.15) is 30.4 Å². The van der Waals surface area contributed by atoms with E-state index in [0.717, 1.165) is 18.8 Å². The van der Waals surface area contributed by atoms with Crippen molar-refractivity contribution in [2.75, 3.05) is 24.6 Å². The normalized spacial score (nSPS) is 27.4. The van der Waals surface area contributed by atoms with E-state index >= 15 is 0 Å². The van der Waals surface area contributed by atoms with E-state index in [4.69, 9.17) is 9.84 Å². The zero-order valence-electron chi connectivity index (χ0n) is 17.6. The predicted molar refractivity (Wildman–Crippen MR) is 114 cm³/mol. The fourth-order valence-corrected chi connectivity index (χ4v) is 4.82. The van der Waals surface area contributed by atoms with Crippen molar-refractivity contribution in [1.29, 1.82) is 5.26 Å². The monoisotopic (exact) mass is 455 g/mol. The van der Waals surface area contributed by atoms with Crippen molar-refractivity contribution < 1.29 is 33.6 Å². The average molecular weight is 456 g/mol. The first kappa shape index (κ1) is 25.2. The highest BCUT2D eigenvalue weighted by molar-refractivity contribution is 7.93. The van der Waals surface area contributed by atoms with Crippen molar-refractivity contribution in [1.82, 2.24) is 4.72 Å². The minimum absolute atomic E-state index is 0.176. The van der Waals surface area contributed by atoms with Crippen LogP contribution in [0.25, 0.3) is 5.57 Å². The Morgan fingerprint density at radius 1 is 1.16 bits per heavy atom. The Bertz CT molecular complexity index is 923. The number of nitrogens with zero attached hydrogens (tertiary/aromatic N) is 2. The zero-order valence-corrected chi connectivity index (χ0v) is 18.5. The highest BCUT2D eigenvalue weighted by Crippen LogP contribution is 2.26. The molecule has 5 atom stereocenters. The van der Waals surface area contributed by atoms with Crippen LogP contribution in [0.5, 0.6) is 0 Å². The molecule has 1 fully saturated rings. The van der Waals surface area contributed by atoms with Crippen molar-refractivity contribution >= 4 is 21.3 Å². The van der Waals surface area contributed by atoms with Gasteiger partial charge in [0.25, 0.3) is 10.0 Å². The lowest BCUT2D eigenvalue weighted by Crippen LogP contribution is -2.64. The molecular weight excluding hydrogens is 426 g/mol. The molecule has 0 saturated carbocycles. The molecule has 10 nitrogen and oxygen atoms in total. The molecule has 1 unspecified atom stereocenters. The van der Waals surface area contributed by atoms with Gasteiger partial charge in [0.15, 0.2) is 11.2 Å². The van der Waals surface area contributed by atoms with Gasteiger partial charge in [-0.15, -0.1) is 0 Å². The lowest BCUT2D eigenvalue weighted by Gasteiger charge is -2.40. The fourth-order valence-electron chi connectivity index (χ4n) is 3.45. The van der Waals surface area contributed by atoms with Crippen molar-refractivity contribution in [3.05, 3.63) is 34.7 Å². The van der Waals surface area contributed by atoms with Gasteiger partial charge in [-0.05, 0) is 44.0 Å². The van der Waals surface area contributed by atoms with Gasteiger partial charge in [-0.1, -0.05) is 12.1 Å². The number of rotatable bonds is 8. The Labute approximate surface area is 182 Å². The third-order valence-corrected chi connectivity index (χ3v) is 6.85. The smallest absolute Gasteiger partial charge is 0.251 e. The second-order valence-corrected chi connectivity index (χ2v) is 8.81. The Morgan fingerprint density at radius 2 is 1.74 bits per heavy atom. The third kappa shape index (κ3) is 5.42. The molecule has 1 aliphatic rings. The molecule has 172 valence electrons. The maximum absolute atomic E-state index is 12.9. The number of ether oxygens (including phenoxy) is 1. The standard InChI is InChI=1S/C20H29N3O7S/c1-4-23(5-2)14-8-6-13(7-9-14)12(3)16(10-21)31(28,29)22-17-19(26)18(25)15(11-24)30-20(17)27/h6-9,15,17-20,22,24-27H,4-5,11H2,1-3H3/b16-12+/t15-,17-,18-,19-,20?/m1/s1. The number of nitriles is 1. The topological polar surface area (TPSA) is 163 Å². The van der Waals surface area contributed by atoms with Gasteiger partial charge in [0.05, 0.1) is 6.61 Å².